The van der Waals surface area contributed by atoms with Gasteiger partial charge in [-0.15, -0.1) is 11.3 Å². The maximum absolute atomic E-state index is 12.8. The molecule has 1 saturated heterocycles. The Balaban J connectivity index is 1.56. The Kier molecular flexibility index (Phi) is 6.50. The number of nitrogens with one attached hydrogen (secondary N) is 1. The highest BCUT2D eigenvalue weighted by Crippen LogP contribution is 2.20. The number of aromatic nitrogens is 3. The fraction of sp³-hybridized carbons (Fsp3) is 0.333. The molecule has 1 N–H and O–H groups in total. The predicted octanol–water partition coefficient (Wildman–Crippen LogP) is 2.70. The van der Waals surface area contributed by atoms with E-state index in [2.05, 4.69) is 32.3 Å². The second kappa shape index (κ2) is 9.64. The summed E-state index contributed by atoms with van der Waals surface area (Å²) in [7, 11) is 1.95. The second-order valence-electron chi connectivity index (χ2n) is 6.96. The van der Waals surface area contributed by atoms with E-state index in [1.54, 1.807) is 12.3 Å². The van der Waals surface area contributed by atoms with Gasteiger partial charge in [-0.05, 0) is 12.0 Å². The standard InChI is InChI=1S/C21H24N6O2S/c1-26(9-7-16-5-3-2-4-6-16)20-23-17(19(28)25-21-22-8-14-30-21)15-18(24-20)27-10-12-29-13-11-27/h2-6,8,14-15H,7,9-13H2,1H3,(H,22,25,28). The van der Waals surface area contributed by atoms with Gasteiger partial charge >= 0.3 is 0 Å². The van der Waals surface area contributed by atoms with Gasteiger partial charge < -0.3 is 14.5 Å². The van der Waals surface area contributed by atoms with Crippen LogP contribution in [0.15, 0.2) is 48.0 Å². The molecule has 1 amide bonds. The molecule has 0 unspecified atom stereocenters. The van der Waals surface area contributed by atoms with Crippen LogP contribution in [0.1, 0.15) is 16.1 Å². The van der Waals surface area contributed by atoms with Crippen molar-refractivity contribution in [2.75, 3.05) is 55.0 Å². The highest BCUT2D eigenvalue weighted by Gasteiger charge is 2.20. The van der Waals surface area contributed by atoms with Gasteiger partial charge in [-0.25, -0.2) is 9.97 Å². The minimum absolute atomic E-state index is 0.292. The van der Waals surface area contributed by atoms with E-state index in [0.717, 1.165) is 31.9 Å². The molecule has 9 heteroatoms. The number of carbonyl (C=O) groups excluding carboxylic acids is 1. The molecular weight excluding hydrogens is 400 g/mol. The first-order chi connectivity index (χ1) is 14.7. The van der Waals surface area contributed by atoms with Crippen LogP contribution in [0.4, 0.5) is 16.9 Å². The van der Waals surface area contributed by atoms with Crippen molar-refractivity contribution in [3.63, 3.8) is 0 Å². The van der Waals surface area contributed by atoms with Crippen LogP contribution in [0.5, 0.6) is 0 Å². The van der Waals surface area contributed by atoms with Crippen LogP contribution in [0, 0.1) is 0 Å². The van der Waals surface area contributed by atoms with Gasteiger partial charge in [-0.1, -0.05) is 30.3 Å². The molecule has 3 heterocycles. The Morgan fingerprint density at radius 1 is 1.23 bits per heavy atom. The number of hydrogen-bond acceptors (Lipinski definition) is 8. The molecule has 30 heavy (non-hydrogen) atoms. The zero-order valence-electron chi connectivity index (χ0n) is 16.8. The number of carbonyl (C=O) groups is 1. The average molecular weight is 425 g/mol. The number of thiazole rings is 1. The van der Waals surface area contributed by atoms with Crippen molar-refractivity contribution in [3.05, 3.63) is 59.2 Å². The minimum Gasteiger partial charge on any atom is -0.378 e. The van der Waals surface area contributed by atoms with E-state index in [1.807, 2.05) is 35.5 Å². The lowest BCUT2D eigenvalue weighted by Crippen LogP contribution is -2.37. The number of morpholine rings is 1. The van der Waals surface area contributed by atoms with Crippen molar-refractivity contribution < 1.29 is 9.53 Å². The average Bonchev–Trinajstić information content (AvgIpc) is 3.31. The van der Waals surface area contributed by atoms with E-state index in [-0.39, 0.29) is 5.91 Å². The first kappa shape index (κ1) is 20.2. The van der Waals surface area contributed by atoms with Gasteiger partial charge in [0.25, 0.3) is 5.91 Å². The molecular formula is C21H24N6O2S. The summed E-state index contributed by atoms with van der Waals surface area (Å²) in [4.78, 5) is 30.3. The fourth-order valence-electron chi connectivity index (χ4n) is 3.15. The monoisotopic (exact) mass is 424 g/mol. The summed E-state index contributed by atoms with van der Waals surface area (Å²) in [6, 6.07) is 12.0. The van der Waals surface area contributed by atoms with Crippen molar-refractivity contribution in [2.45, 2.75) is 6.42 Å². The molecule has 0 saturated carbocycles. The van der Waals surface area contributed by atoms with Crippen molar-refractivity contribution in [1.29, 1.82) is 0 Å². The van der Waals surface area contributed by atoms with Crippen molar-refractivity contribution in [3.8, 4) is 0 Å². The van der Waals surface area contributed by atoms with E-state index < -0.39 is 0 Å². The summed E-state index contributed by atoms with van der Waals surface area (Å²) in [5.41, 5.74) is 1.57. The zero-order chi connectivity index (χ0) is 20.8. The van der Waals surface area contributed by atoms with Gasteiger partial charge in [0, 0.05) is 44.3 Å². The van der Waals surface area contributed by atoms with Crippen LogP contribution in [0.3, 0.4) is 0 Å². The van der Waals surface area contributed by atoms with E-state index >= 15 is 0 Å². The number of likely N-dealkylation sites (N-methyl/N-ethyl adjacent to an activating group) is 1. The van der Waals surface area contributed by atoms with Crippen LogP contribution in [0.25, 0.3) is 0 Å². The number of anilines is 3. The molecule has 8 nitrogen and oxygen atoms in total. The van der Waals surface area contributed by atoms with Gasteiger partial charge in [-0.3, -0.25) is 10.1 Å². The molecule has 3 aromatic rings. The molecule has 1 aromatic carbocycles. The molecule has 0 atom stereocenters. The Labute approximate surface area is 179 Å². The molecule has 156 valence electrons. The lowest BCUT2D eigenvalue weighted by Gasteiger charge is -2.29. The normalized spacial score (nSPS) is 13.8. The first-order valence-electron chi connectivity index (χ1n) is 9.87. The van der Waals surface area contributed by atoms with E-state index in [1.165, 1.54) is 16.9 Å². The highest BCUT2D eigenvalue weighted by molar-refractivity contribution is 7.13. The lowest BCUT2D eigenvalue weighted by molar-refractivity contribution is 0.102. The summed E-state index contributed by atoms with van der Waals surface area (Å²) in [6.07, 6.45) is 2.52. The summed E-state index contributed by atoms with van der Waals surface area (Å²) in [5, 5.41) is 5.17. The van der Waals surface area contributed by atoms with E-state index in [0.29, 0.717) is 30.0 Å². The number of ether oxygens (including phenoxy) is 1. The molecule has 1 aliphatic rings. The maximum atomic E-state index is 12.8. The maximum Gasteiger partial charge on any atom is 0.276 e. The van der Waals surface area contributed by atoms with Crippen LogP contribution >= 0.6 is 11.3 Å². The van der Waals surface area contributed by atoms with Gasteiger partial charge in [0.15, 0.2) is 5.13 Å². The molecule has 0 spiro atoms. The third-order valence-corrected chi connectivity index (χ3v) is 5.53. The molecule has 0 bridgehead atoms. The first-order valence-corrected chi connectivity index (χ1v) is 10.7. The summed E-state index contributed by atoms with van der Waals surface area (Å²) in [5.74, 6) is 0.970. The molecule has 0 radical (unpaired) electrons. The Morgan fingerprint density at radius 2 is 2.03 bits per heavy atom. The molecule has 2 aromatic heterocycles. The molecule has 0 aliphatic carbocycles. The quantitative estimate of drug-likeness (QED) is 0.624. The molecule has 1 fully saturated rings. The smallest absolute Gasteiger partial charge is 0.276 e. The van der Waals surface area contributed by atoms with Crippen molar-refractivity contribution in [2.24, 2.45) is 0 Å². The van der Waals surface area contributed by atoms with Gasteiger partial charge in [-0.2, -0.15) is 4.98 Å². The zero-order valence-corrected chi connectivity index (χ0v) is 17.6. The highest BCUT2D eigenvalue weighted by atomic mass is 32.1. The second-order valence-corrected chi connectivity index (χ2v) is 7.85. The number of rotatable bonds is 7. The number of nitrogens with zero attached hydrogens (tertiary/aromatic N) is 5. The van der Waals surface area contributed by atoms with Crippen LogP contribution < -0.4 is 15.1 Å². The van der Waals surface area contributed by atoms with E-state index in [9.17, 15) is 4.79 Å². The minimum atomic E-state index is -0.292. The molecule has 4 rings (SSSR count). The van der Waals surface area contributed by atoms with Crippen molar-refractivity contribution in [1.82, 2.24) is 15.0 Å². The van der Waals surface area contributed by atoms with E-state index in [4.69, 9.17) is 9.72 Å². The third kappa shape index (κ3) is 5.11. The van der Waals surface area contributed by atoms with Crippen LogP contribution in [0.2, 0.25) is 0 Å². The fourth-order valence-corrected chi connectivity index (χ4v) is 3.68. The number of hydrogen-bond donors (Lipinski definition) is 1. The summed E-state index contributed by atoms with van der Waals surface area (Å²) in [6.45, 7) is 3.49. The lowest BCUT2D eigenvalue weighted by atomic mass is 10.1. The van der Waals surface area contributed by atoms with Gasteiger partial charge in [0.05, 0.1) is 13.2 Å². The Bertz CT molecular complexity index is 961. The van der Waals surface area contributed by atoms with Crippen LogP contribution in [-0.4, -0.2) is 60.8 Å². The van der Waals surface area contributed by atoms with Gasteiger partial charge in [0.1, 0.15) is 11.5 Å². The predicted molar refractivity (Wildman–Crippen MR) is 119 cm³/mol. The third-order valence-electron chi connectivity index (χ3n) is 4.84. The molecule has 1 aliphatic heterocycles. The Morgan fingerprint density at radius 3 is 2.77 bits per heavy atom. The van der Waals surface area contributed by atoms with Gasteiger partial charge in [0.2, 0.25) is 5.95 Å². The SMILES string of the molecule is CN(CCc1ccccc1)c1nc(C(=O)Nc2nccs2)cc(N2CCOCC2)n1. The topological polar surface area (TPSA) is 83.5 Å². The summed E-state index contributed by atoms with van der Waals surface area (Å²) < 4.78 is 5.45. The number of benzene rings is 1. The van der Waals surface area contributed by atoms with Crippen molar-refractivity contribution >= 4 is 34.1 Å². The Hall–Kier alpha value is -3.04. The summed E-state index contributed by atoms with van der Waals surface area (Å²) >= 11 is 1.37. The largest absolute Gasteiger partial charge is 0.378 e. The van der Waals surface area contributed by atoms with Crippen LogP contribution in [-0.2, 0) is 11.2 Å². The number of amides is 1.